The van der Waals surface area contributed by atoms with Crippen LogP contribution in [0.2, 0.25) is 0 Å². The van der Waals surface area contributed by atoms with Crippen LogP contribution in [-0.4, -0.2) is 47.2 Å². The Bertz CT molecular complexity index is 739. The second-order valence-corrected chi connectivity index (χ2v) is 6.76. The monoisotopic (exact) mass is 356 g/mol. The molecular formula is C19H24N4O3. The molecule has 2 N–H and O–H groups in total. The number of benzene rings is 1. The molecule has 1 saturated heterocycles. The normalized spacial score (nSPS) is 17.6. The predicted octanol–water partition coefficient (Wildman–Crippen LogP) is 2.66. The van der Waals surface area contributed by atoms with Crippen LogP contribution in [0.4, 0.5) is 4.79 Å². The summed E-state index contributed by atoms with van der Waals surface area (Å²) in [7, 11) is 0. The number of amides is 2. The van der Waals surface area contributed by atoms with E-state index in [2.05, 4.69) is 15.3 Å². The lowest BCUT2D eigenvalue weighted by Gasteiger charge is -2.31. The number of rotatable bonds is 3. The first-order chi connectivity index (χ1) is 12.8. The average Bonchev–Trinajstić information content (AvgIpc) is 3.12. The van der Waals surface area contributed by atoms with Gasteiger partial charge < -0.3 is 24.7 Å². The van der Waals surface area contributed by atoms with E-state index in [4.69, 9.17) is 9.47 Å². The second-order valence-electron chi connectivity index (χ2n) is 6.76. The lowest BCUT2D eigenvalue weighted by atomic mass is 9.94. The molecule has 1 aromatic carbocycles. The number of aromatic amines is 1. The van der Waals surface area contributed by atoms with Crippen LogP contribution in [0, 0.1) is 0 Å². The Morgan fingerprint density at radius 2 is 2.04 bits per heavy atom. The summed E-state index contributed by atoms with van der Waals surface area (Å²) < 4.78 is 11.3. The Morgan fingerprint density at radius 3 is 2.81 bits per heavy atom. The number of urea groups is 1. The molecule has 138 valence electrons. The summed E-state index contributed by atoms with van der Waals surface area (Å²) in [5, 5.41) is 3.01. The molecule has 1 aromatic heterocycles. The third-order valence-electron chi connectivity index (χ3n) is 5.00. The Kier molecular flexibility index (Phi) is 4.95. The maximum atomic E-state index is 12.4. The van der Waals surface area contributed by atoms with Crippen LogP contribution in [0.1, 0.15) is 36.4 Å². The first-order valence-electron chi connectivity index (χ1n) is 9.19. The van der Waals surface area contributed by atoms with Crippen molar-refractivity contribution in [1.82, 2.24) is 20.2 Å². The third-order valence-corrected chi connectivity index (χ3v) is 5.00. The maximum Gasteiger partial charge on any atom is 0.317 e. The SMILES string of the molecule is O=C(NCc1ccc2c(c1)OCCCO2)N1CCC(c2cnc[nH]2)CC1. The van der Waals surface area contributed by atoms with Gasteiger partial charge >= 0.3 is 6.03 Å². The molecule has 7 heteroatoms. The molecule has 7 nitrogen and oxygen atoms in total. The van der Waals surface area contributed by atoms with Crippen LogP contribution in [0.15, 0.2) is 30.7 Å². The molecule has 0 aliphatic carbocycles. The Morgan fingerprint density at radius 1 is 1.23 bits per heavy atom. The minimum absolute atomic E-state index is 0.0137. The molecule has 2 amide bonds. The van der Waals surface area contributed by atoms with Gasteiger partial charge in [0.2, 0.25) is 0 Å². The number of carbonyl (C=O) groups is 1. The van der Waals surface area contributed by atoms with Gasteiger partial charge in [0, 0.05) is 43.9 Å². The Balaban J connectivity index is 1.28. The second kappa shape index (κ2) is 7.68. The molecule has 2 aromatic rings. The van der Waals surface area contributed by atoms with E-state index in [1.807, 2.05) is 29.3 Å². The van der Waals surface area contributed by atoms with E-state index in [9.17, 15) is 4.79 Å². The molecule has 3 heterocycles. The van der Waals surface area contributed by atoms with Crippen molar-refractivity contribution in [2.24, 2.45) is 0 Å². The van der Waals surface area contributed by atoms with Gasteiger partial charge in [-0.2, -0.15) is 0 Å². The Labute approximate surface area is 152 Å². The maximum absolute atomic E-state index is 12.4. The van der Waals surface area contributed by atoms with Crippen LogP contribution in [0.25, 0.3) is 0 Å². The number of piperidine rings is 1. The van der Waals surface area contributed by atoms with E-state index >= 15 is 0 Å². The van der Waals surface area contributed by atoms with Crippen LogP contribution in [-0.2, 0) is 6.54 Å². The van der Waals surface area contributed by atoms with E-state index in [1.54, 1.807) is 6.33 Å². The van der Waals surface area contributed by atoms with Crippen LogP contribution < -0.4 is 14.8 Å². The van der Waals surface area contributed by atoms with Gasteiger partial charge in [0.05, 0.1) is 19.5 Å². The first-order valence-corrected chi connectivity index (χ1v) is 9.19. The fraction of sp³-hybridized carbons (Fsp3) is 0.474. The van der Waals surface area contributed by atoms with Crippen LogP contribution in [0.5, 0.6) is 11.5 Å². The number of carbonyl (C=O) groups excluding carboxylic acids is 1. The molecule has 0 radical (unpaired) electrons. The standard InChI is InChI=1S/C19H24N4O3/c24-19(23-6-4-15(5-7-23)16-12-20-13-22-16)21-11-14-2-3-17-18(10-14)26-9-1-8-25-17/h2-3,10,12-13,15H,1,4-9,11H2,(H,20,22)(H,21,24). The first kappa shape index (κ1) is 16.8. The number of hydrogen-bond acceptors (Lipinski definition) is 4. The van der Waals surface area contributed by atoms with Crippen molar-refractivity contribution in [3.05, 3.63) is 42.0 Å². The smallest absolute Gasteiger partial charge is 0.317 e. The fourth-order valence-corrected chi connectivity index (χ4v) is 3.49. The average molecular weight is 356 g/mol. The van der Waals surface area contributed by atoms with Gasteiger partial charge in [-0.3, -0.25) is 0 Å². The highest BCUT2D eigenvalue weighted by atomic mass is 16.5. The van der Waals surface area contributed by atoms with E-state index in [0.717, 1.165) is 55.1 Å². The fourth-order valence-electron chi connectivity index (χ4n) is 3.49. The molecule has 26 heavy (non-hydrogen) atoms. The van der Waals surface area contributed by atoms with Crippen LogP contribution in [0.3, 0.4) is 0 Å². The lowest BCUT2D eigenvalue weighted by molar-refractivity contribution is 0.180. The summed E-state index contributed by atoms with van der Waals surface area (Å²) >= 11 is 0. The summed E-state index contributed by atoms with van der Waals surface area (Å²) in [6, 6.07) is 5.82. The minimum atomic E-state index is -0.0137. The number of hydrogen-bond donors (Lipinski definition) is 2. The van der Waals surface area contributed by atoms with Crippen molar-refractivity contribution in [1.29, 1.82) is 0 Å². The van der Waals surface area contributed by atoms with Gasteiger partial charge in [-0.15, -0.1) is 0 Å². The number of nitrogens with zero attached hydrogens (tertiary/aromatic N) is 2. The number of likely N-dealkylation sites (tertiary alicyclic amines) is 1. The quantitative estimate of drug-likeness (QED) is 0.886. The molecule has 0 atom stereocenters. The molecule has 0 saturated carbocycles. The summed E-state index contributed by atoms with van der Waals surface area (Å²) in [6.07, 6.45) is 6.39. The van der Waals surface area contributed by atoms with Gasteiger partial charge in [-0.25, -0.2) is 9.78 Å². The van der Waals surface area contributed by atoms with Crippen LogP contribution >= 0.6 is 0 Å². The number of ether oxygens (including phenoxy) is 2. The van der Waals surface area contributed by atoms with Crippen molar-refractivity contribution >= 4 is 6.03 Å². The van der Waals surface area contributed by atoms with E-state index < -0.39 is 0 Å². The number of aromatic nitrogens is 2. The Hall–Kier alpha value is -2.70. The molecule has 0 unspecified atom stereocenters. The summed E-state index contributed by atoms with van der Waals surface area (Å²) in [4.78, 5) is 21.6. The van der Waals surface area contributed by atoms with Gasteiger partial charge in [-0.1, -0.05) is 6.07 Å². The van der Waals surface area contributed by atoms with Gasteiger partial charge in [0.1, 0.15) is 0 Å². The largest absolute Gasteiger partial charge is 0.490 e. The topological polar surface area (TPSA) is 79.5 Å². The summed E-state index contributed by atoms with van der Waals surface area (Å²) in [5.74, 6) is 2.00. The van der Waals surface area contributed by atoms with Crippen molar-refractivity contribution in [3.63, 3.8) is 0 Å². The van der Waals surface area contributed by atoms with Crippen molar-refractivity contribution in [2.45, 2.75) is 31.7 Å². The molecule has 4 rings (SSSR count). The van der Waals surface area contributed by atoms with Gasteiger partial charge in [0.15, 0.2) is 11.5 Å². The third kappa shape index (κ3) is 3.76. The molecule has 2 aliphatic rings. The van der Waals surface area contributed by atoms with Crippen molar-refractivity contribution < 1.29 is 14.3 Å². The van der Waals surface area contributed by atoms with Gasteiger partial charge in [0.25, 0.3) is 0 Å². The van der Waals surface area contributed by atoms with Crippen molar-refractivity contribution in [3.8, 4) is 11.5 Å². The summed E-state index contributed by atoms with van der Waals surface area (Å²) in [5.41, 5.74) is 2.17. The van der Waals surface area contributed by atoms with E-state index in [-0.39, 0.29) is 6.03 Å². The van der Waals surface area contributed by atoms with E-state index in [0.29, 0.717) is 25.7 Å². The zero-order valence-electron chi connectivity index (χ0n) is 14.7. The number of H-pyrrole nitrogens is 1. The van der Waals surface area contributed by atoms with Crippen molar-refractivity contribution in [2.75, 3.05) is 26.3 Å². The lowest BCUT2D eigenvalue weighted by Crippen LogP contribution is -2.43. The highest BCUT2D eigenvalue weighted by molar-refractivity contribution is 5.74. The number of nitrogens with one attached hydrogen (secondary N) is 2. The highest BCUT2D eigenvalue weighted by Crippen LogP contribution is 2.30. The highest BCUT2D eigenvalue weighted by Gasteiger charge is 2.24. The number of imidazole rings is 1. The zero-order valence-corrected chi connectivity index (χ0v) is 14.7. The van der Waals surface area contributed by atoms with Gasteiger partial charge in [-0.05, 0) is 30.5 Å². The zero-order chi connectivity index (χ0) is 17.8. The molecular weight excluding hydrogens is 332 g/mol. The summed E-state index contributed by atoms with van der Waals surface area (Å²) in [6.45, 7) is 3.34. The number of fused-ring (bicyclic) bond motifs is 1. The molecule has 0 bridgehead atoms. The predicted molar refractivity (Wildman–Crippen MR) is 96.4 cm³/mol. The molecule has 2 aliphatic heterocycles. The van der Waals surface area contributed by atoms with E-state index in [1.165, 1.54) is 0 Å². The molecule has 0 spiro atoms. The minimum Gasteiger partial charge on any atom is -0.490 e. The molecule has 1 fully saturated rings.